The van der Waals surface area contributed by atoms with Gasteiger partial charge in [-0.05, 0) is 31.4 Å². The van der Waals surface area contributed by atoms with Gasteiger partial charge in [-0.1, -0.05) is 34.6 Å². The standard InChI is InChI=1S/C17H30N4O/c1-12(2)11-21-8-6-7-13(21)10-18-16(22)14-9-15(20-19-14)17(3,4)5/h9,12-13H,6-8,10-11H2,1-5H3,(H,18,22)(H,19,20)/t13-/m1/s1. The molecule has 2 rings (SSSR count). The number of carbonyl (C=O) groups excluding carboxylic acids is 1. The Kier molecular flexibility index (Phi) is 5.27. The number of carbonyl (C=O) groups is 1. The van der Waals surface area contributed by atoms with Crippen molar-refractivity contribution < 1.29 is 4.79 Å². The van der Waals surface area contributed by atoms with Crippen LogP contribution in [0.3, 0.4) is 0 Å². The number of rotatable bonds is 5. The number of hydrogen-bond acceptors (Lipinski definition) is 3. The average Bonchev–Trinajstić information content (AvgIpc) is 3.03. The number of nitrogens with zero attached hydrogens (tertiary/aromatic N) is 2. The molecule has 0 bridgehead atoms. The van der Waals surface area contributed by atoms with Gasteiger partial charge in [0.1, 0.15) is 5.69 Å². The van der Waals surface area contributed by atoms with E-state index in [0.29, 0.717) is 24.2 Å². The first kappa shape index (κ1) is 17.0. The molecule has 0 radical (unpaired) electrons. The van der Waals surface area contributed by atoms with Gasteiger partial charge < -0.3 is 5.32 Å². The van der Waals surface area contributed by atoms with Crippen molar-refractivity contribution in [1.82, 2.24) is 20.4 Å². The van der Waals surface area contributed by atoms with E-state index in [4.69, 9.17) is 0 Å². The monoisotopic (exact) mass is 306 g/mol. The van der Waals surface area contributed by atoms with Crippen LogP contribution in [0.4, 0.5) is 0 Å². The van der Waals surface area contributed by atoms with Crippen LogP contribution in [0.25, 0.3) is 0 Å². The lowest BCUT2D eigenvalue weighted by atomic mass is 9.92. The molecule has 2 heterocycles. The van der Waals surface area contributed by atoms with Gasteiger partial charge in [0.2, 0.25) is 0 Å². The highest BCUT2D eigenvalue weighted by Gasteiger charge is 2.26. The van der Waals surface area contributed by atoms with E-state index >= 15 is 0 Å². The third-order valence-corrected chi connectivity index (χ3v) is 4.22. The molecule has 0 spiro atoms. The quantitative estimate of drug-likeness (QED) is 0.879. The van der Waals surface area contributed by atoms with Crippen molar-refractivity contribution in [2.45, 2.75) is 58.9 Å². The summed E-state index contributed by atoms with van der Waals surface area (Å²) in [7, 11) is 0. The first-order chi connectivity index (χ1) is 10.3. The summed E-state index contributed by atoms with van der Waals surface area (Å²) in [6.45, 7) is 13.8. The summed E-state index contributed by atoms with van der Waals surface area (Å²) < 4.78 is 0. The molecular formula is C17H30N4O. The second-order valence-corrected chi connectivity index (χ2v) is 7.81. The molecule has 1 fully saturated rings. The Balaban J connectivity index is 1.88. The van der Waals surface area contributed by atoms with Crippen LogP contribution in [-0.2, 0) is 5.41 Å². The maximum atomic E-state index is 12.3. The second kappa shape index (κ2) is 6.82. The summed E-state index contributed by atoms with van der Waals surface area (Å²) in [5, 5.41) is 10.2. The number of aromatic amines is 1. The lowest BCUT2D eigenvalue weighted by Crippen LogP contribution is -2.41. The molecule has 1 saturated heterocycles. The van der Waals surface area contributed by atoms with Crippen molar-refractivity contribution in [3.8, 4) is 0 Å². The Morgan fingerprint density at radius 2 is 2.23 bits per heavy atom. The molecule has 1 aromatic heterocycles. The number of H-pyrrole nitrogens is 1. The number of likely N-dealkylation sites (tertiary alicyclic amines) is 1. The molecule has 5 heteroatoms. The summed E-state index contributed by atoms with van der Waals surface area (Å²) in [6.07, 6.45) is 2.39. The highest BCUT2D eigenvalue weighted by Crippen LogP contribution is 2.20. The summed E-state index contributed by atoms with van der Waals surface area (Å²) >= 11 is 0. The molecule has 0 unspecified atom stereocenters. The molecule has 1 amide bonds. The number of nitrogens with one attached hydrogen (secondary N) is 2. The highest BCUT2D eigenvalue weighted by atomic mass is 16.1. The van der Waals surface area contributed by atoms with Crippen LogP contribution >= 0.6 is 0 Å². The van der Waals surface area contributed by atoms with Crippen LogP contribution in [0.15, 0.2) is 6.07 Å². The lowest BCUT2D eigenvalue weighted by molar-refractivity contribution is 0.0934. The van der Waals surface area contributed by atoms with Crippen molar-refractivity contribution in [3.63, 3.8) is 0 Å². The number of amides is 1. The SMILES string of the molecule is CC(C)CN1CCC[C@@H]1CNC(=O)c1cc(C(C)(C)C)[nH]n1. The van der Waals surface area contributed by atoms with Crippen LogP contribution in [0.1, 0.15) is 63.6 Å². The van der Waals surface area contributed by atoms with E-state index in [1.807, 2.05) is 6.07 Å². The maximum Gasteiger partial charge on any atom is 0.271 e. The number of hydrogen-bond donors (Lipinski definition) is 2. The second-order valence-electron chi connectivity index (χ2n) is 7.81. The minimum absolute atomic E-state index is 0.0228. The van der Waals surface area contributed by atoms with Crippen molar-refractivity contribution in [3.05, 3.63) is 17.5 Å². The molecule has 2 N–H and O–H groups in total. The van der Waals surface area contributed by atoms with Crippen LogP contribution in [-0.4, -0.2) is 46.7 Å². The van der Waals surface area contributed by atoms with Crippen LogP contribution in [0.5, 0.6) is 0 Å². The molecule has 1 aliphatic rings. The van der Waals surface area contributed by atoms with Gasteiger partial charge in [-0.15, -0.1) is 0 Å². The third kappa shape index (κ3) is 4.32. The minimum atomic E-state index is -0.0804. The lowest BCUT2D eigenvalue weighted by Gasteiger charge is -2.26. The first-order valence-corrected chi connectivity index (χ1v) is 8.35. The zero-order valence-corrected chi connectivity index (χ0v) is 14.6. The van der Waals surface area contributed by atoms with Crippen molar-refractivity contribution in [2.24, 2.45) is 5.92 Å². The molecule has 5 nitrogen and oxygen atoms in total. The largest absolute Gasteiger partial charge is 0.349 e. The molecule has 0 aliphatic carbocycles. The van der Waals surface area contributed by atoms with Crippen molar-refractivity contribution in [1.29, 1.82) is 0 Å². The average molecular weight is 306 g/mol. The molecule has 22 heavy (non-hydrogen) atoms. The Bertz CT molecular complexity index is 501. The fourth-order valence-corrected chi connectivity index (χ4v) is 2.96. The van der Waals surface area contributed by atoms with Gasteiger partial charge in [0.25, 0.3) is 5.91 Å². The van der Waals surface area contributed by atoms with E-state index in [9.17, 15) is 4.79 Å². The van der Waals surface area contributed by atoms with Crippen LogP contribution < -0.4 is 5.32 Å². The third-order valence-electron chi connectivity index (χ3n) is 4.22. The molecule has 1 atom stereocenters. The van der Waals surface area contributed by atoms with Gasteiger partial charge in [-0.2, -0.15) is 5.10 Å². The van der Waals surface area contributed by atoms with Crippen LogP contribution in [0, 0.1) is 5.92 Å². The van der Waals surface area contributed by atoms with E-state index in [1.54, 1.807) is 0 Å². The van der Waals surface area contributed by atoms with Gasteiger partial charge in [0, 0.05) is 30.2 Å². The smallest absolute Gasteiger partial charge is 0.271 e. The van der Waals surface area contributed by atoms with E-state index < -0.39 is 0 Å². The van der Waals surface area contributed by atoms with E-state index in [0.717, 1.165) is 18.8 Å². The van der Waals surface area contributed by atoms with E-state index in [2.05, 4.69) is 55.0 Å². The predicted molar refractivity (Wildman–Crippen MR) is 89.1 cm³/mol. The molecule has 124 valence electrons. The minimum Gasteiger partial charge on any atom is -0.349 e. The Labute approximate surface area is 133 Å². The van der Waals surface area contributed by atoms with Gasteiger partial charge in [-0.3, -0.25) is 14.8 Å². The Morgan fingerprint density at radius 3 is 2.82 bits per heavy atom. The fourth-order valence-electron chi connectivity index (χ4n) is 2.96. The van der Waals surface area contributed by atoms with Crippen molar-refractivity contribution in [2.75, 3.05) is 19.6 Å². The summed E-state index contributed by atoms with van der Waals surface area (Å²) in [5.74, 6) is 0.583. The maximum absolute atomic E-state index is 12.3. The van der Waals surface area contributed by atoms with E-state index in [1.165, 1.54) is 12.8 Å². The molecule has 1 aliphatic heterocycles. The summed E-state index contributed by atoms with van der Waals surface area (Å²) in [5.41, 5.74) is 1.45. The van der Waals surface area contributed by atoms with Crippen LogP contribution in [0.2, 0.25) is 0 Å². The highest BCUT2D eigenvalue weighted by molar-refractivity contribution is 5.92. The molecule has 0 aromatic carbocycles. The van der Waals surface area contributed by atoms with Gasteiger partial charge >= 0.3 is 0 Å². The van der Waals surface area contributed by atoms with Gasteiger partial charge in [0.15, 0.2) is 0 Å². The zero-order chi connectivity index (χ0) is 16.3. The Morgan fingerprint density at radius 1 is 1.50 bits per heavy atom. The summed E-state index contributed by atoms with van der Waals surface area (Å²) in [4.78, 5) is 14.8. The predicted octanol–water partition coefficient (Wildman–Crippen LogP) is 2.56. The fraction of sp³-hybridized carbons (Fsp3) is 0.765. The van der Waals surface area contributed by atoms with Gasteiger partial charge in [-0.25, -0.2) is 0 Å². The topological polar surface area (TPSA) is 61.0 Å². The molecule has 1 aromatic rings. The van der Waals surface area contributed by atoms with Gasteiger partial charge in [0.05, 0.1) is 0 Å². The molecule has 0 saturated carbocycles. The summed E-state index contributed by atoms with van der Waals surface area (Å²) in [6, 6.07) is 2.32. The zero-order valence-electron chi connectivity index (χ0n) is 14.6. The molecular weight excluding hydrogens is 276 g/mol. The first-order valence-electron chi connectivity index (χ1n) is 8.35. The number of aromatic nitrogens is 2. The van der Waals surface area contributed by atoms with Crippen molar-refractivity contribution >= 4 is 5.91 Å². The van der Waals surface area contributed by atoms with E-state index in [-0.39, 0.29) is 11.3 Å². The normalized spacial score (nSPS) is 19.8. The Hall–Kier alpha value is -1.36.